The lowest BCUT2D eigenvalue weighted by Gasteiger charge is -2.17. The molecule has 0 unspecified atom stereocenters. The van der Waals surface area contributed by atoms with Crippen molar-refractivity contribution in [1.82, 2.24) is 19.5 Å². The maximum absolute atomic E-state index is 9.39. The minimum atomic E-state index is -0.524. The van der Waals surface area contributed by atoms with Gasteiger partial charge in [-0.15, -0.1) is 0 Å². The van der Waals surface area contributed by atoms with Gasteiger partial charge in [0, 0.05) is 38.2 Å². The van der Waals surface area contributed by atoms with Crippen molar-refractivity contribution < 1.29 is 15.4 Å². The molecule has 5 heteroatoms. The number of rotatable bonds is 7. The summed E-state index contributed by atoms with van der Waals surface area (Å²) in [4.78, 5) is 15.5. The van der Waals surface area contributed by atoms with Crippen LogP contribution in [0.1, 0.15) is 11.0 Å². The molecule has 290 valence electrons. The van der Waals surface area contributed by atoms with E-state index in [9.17, 15) is 2.74 Å². The molecule has 0 spiro atoms. The van der Waals surface area contributed by atoms with Gasteiger partial charge in [-0.05, 0) is 100 Å². The van der Waals surface area contributed by atoms with Gasteiger partial charge in [0.1, 0.15) is 11.2 Å². The molecule has 12 aromatic rings. The number of furan rings is 1. The van der Waals surface area contributed by atoms with Gasteiger partial charge in [-0.25, -0.2) is 15.0 Å². The average molecular weight is 801 g/mol. The minimum Gasteiger partial charge on any atom is -0.456 e. The number of hydrogen-bond donors (Lipinski definition) is 0. The second-order valence-corrected chi connectivity index (χ2v) is 15.0. The van der Waals surface area contributed by atoms with Gasteiger partial charge in [-0.1, -0.05) is 152 Å². The van der Waals surface area contributed by atoms with Gasteiger partial charge in [-0.2, -0.15) is 0 Å². The lowest BCUT2D eigenvalue weighted by atomic mass is 9.92. The van der Waals surface area contributed by atoms with E-state index < -0.39 is 48.3 Å². The number of para-hydroxylation sites is 3. The smallest absolute Gasteiger partial charge is 0.166 e. The first-order valence-corrected chi connectivity index (χ1v) is 20.2. The van der Waals surface area contributed by atoms with E-state index >= 15 is 0 Å². The predicted molar refractivity (Wildman–Crippen MR) is 254 cm³/mol. The Labute approximate surface area is 369 Å². The molecule has 0 bridgehead atoms. The van der Waals surface area contributed by atoms with E-state index in [2.05, 4.69) is 42.5 Å². The van der Waals surface area contributed by atoms with Crippen molar-refractivity contribution in [2.75, 3.05) is 0 Å². The summed E-state index contributed by atoms with van der Waals surface area (Å²) in [6.45, 7) is 0. The van der Waals surface area contributed by atoms with Crippen LogP contribution in [0.25, 0.3) is 117 Å². The Balaban J connectivity index is 1.20. The highest BCUT2D eigenvalue weighted by molar-refractivity contribution is 6.10. The first-order valence-electron chi connectivity index (χ1n) is 24.2. The zero-order valence-electron chi connectivity index (χ0n) is 40.9. The van der Waals surface area contributed by atoms with Crippen molar-refractivity contribution in [1.29, 1.82) is 0 Å². The minimum absolute atomic E-state index is 0.0192. The maximum atomic E-state index is 9.39. The topological polar surface area (TPSA) is 56.7 Å². The second kappa shape index (κ2) is 14.7. The molecule has 0 aliphatic heterocycles. The maximum Gasteiger partial charge on any atom is 0.166 e. The highest BCUT2D eigenvalue weighted by Crippen LogP contribution is 2.40. The quantitative estimate of drug-likeness (QED) is 0.161. The number of benzene rings is 9. The summed E-state index contributed by atoms with van der Waals surface area (Å²) in [5.41, 5.74) is 9.12. The van der Waals surface area contributed by atoms with Crippen molar-refractivity contribution in [3.63, 3.8) is 0 Å². The van der Waals surface area contributed by atoms with Gasteiger partial charge in [0.2, 0.25) is 0 Å². The standard InChI is InChI=1S/C57H36N4O/c1-4-16-37(17-5-1)42-32-43(38-18-6-2-7-19-38)34-44(33-42)40-28-30-52(61-50-25-13-10-22-45(50)46-23-11-14-26-51(46)61)49(35-40)57-59-55(39-20-8-3-9-21-39)58-56(60-57)41-29-31-54-48(36-41)47-24-12-15-27-53(47)62-54/h1-36H/i10D,11D,13D,14D,22D,23D,25D,26D. The van der Waals surface area contributed by atoms with Crippen molar-refractivity contribution >= 4 is 43.7 Å². The molecular weight excluding hydrogens is 757 g/mol. The van der Waals surface area contributed by atoms with Crippen LogP contribution >= 0.6 is 0 Å². The molecular formula is C57H36N4O. The lowest BCUT2D eigenvalue weighted by molar-refractivity contribution is 0.669. The average Bonchev–Trinajstić information content (AvgIpc) is 3.98. The van der Waals surface area contributed by atoms with Crippen LogP contribution in [0, 0.1) is 0 Å². The van der Waals surface area contributed by atoms with Crippen LogP contribution in [0.4, 0.5) is 0 Å². The Morgan fingerprint density at radius 1 is 0.355 bits per heavy atom. The van der Waals surface area contributed by atoms with Gasteiger partial charge in [-0.3, -0.25) is 0 Å². The van der Waals surface area contributed by atoms with Crippen LogP contribution in [-0.4, -0.2) is 19.5 Å². The number of fused-ring (bicyclic) bond motifs is 6. The number of hydrogen-bond acceptors (Lipinski definition) is 4. The van der Waals surface area contributed by atoms with Gasteiger partial charge in [0.05, 0.1) is 27.7 Å². The summed E-state index contributed by atoms with van der Waals surface area (Å²) in [6, 6.07) is 51.6. The zero-order valence-corrected chi connectivity index (χ0v) is 32.9. The number of nitrogens with zero attached hydrogens (tertiary/aromatic N) is 4. The Morgan fingerprint density at radius 2 is 0.855 bits per heavy atom. The van der Waals surface area contributed by atoms with Crippen molar-refractivity contribution in [3.8, 4) is 73.2 Å². The number of aromatic nitrogens is 4. The third-order valence-electron chi connectivity index (χ3n) is 11.3. The predicted octanol–water partition coefficient (Wildman–Crippen LogP) is 14.9. The van der Waals surface area contributed by atoms with Crippen LogP contribution in [0.5, 0.6) is 0 Å². The van der Waals surface area contributed by atoms with Crippen LogP contribution in [0.2, 0.25) is 0 Å². The third kappa shape index (κ3) is 6.14. The molecule has 0 atom stereocenters. The van der Waals surface area contributed by atoms with Crippen LogP contribution in [0.15, 0.2) is 223 Å². The summed E-state index contributed by atoms with van der Waals surface area (Å²) in [5, 5.41) is 1.74. The van der Waals surface area contributed by atoms with Crippen molar-refractivity contribution in [2.45, 2.75) is 0 Å². The molecule has 5 nitrogen and oxygen atoms in total. The van der Waals surface area contributed by atoms with E-state index in [1.54, 1.807) is 6.07 Å². The Kier molecular flexibility index (Phi) is 6.67. The molecule has 0 fully saturated rings. The highest BCUT2D eigenvalue weighted by atomic mass is 16.3. The van der Waals surface area contributed by atoms with E-state index in [4.69, 9.17) is 27.6 Å². The summed E-state index contributed by atoms with van der Waals surface area (Å²) < 4.78 is 79.9. The van der Waals surface area contributed by atoms with Gasteiger partial charge in [0.15, 0.2) is 17.5 Å². The Morgan fingerprint density at radius 3 is 1.50 bits per heavy atom. The molecule has 0 N–H and O–H groups in total. The van der Waals surface area contributed by atoms with Crippen molar-refractivity contribution in [3.05, 3.63) is 218 Å². The van der Waals surface area contributed by atoms with Gasteiger partial charge >= 0.3 is 0 Å². The molecule has 0 saturated heterocycles. The monoisotopic (exact) mass is 800 g/mol. The molecule has 0 radical (unpaired) electrons. The summed E-state index contributed by atoms with van der Waals surface area (Å²) in [5.74, 6) is 0.908. The van der Waals surface area contributed by atoms with Gasteiger partial charge in [0.25, 0.3) is 0 Å². The first kappa shape index (κ1) is 28.1. The highest BCUT2D eigenvalue weighted by Gasteiger charge is 2.21. The molecule has 0 amide bonds. The molecule has 0 aliphatic rings. The summed E-state index contributed by atoms with van der Waals surface area (Å²) in [6.07, 6.45) is 0. The van der Waals surface area contributed by atoms with Gasteiger partial charge < -0.3 is 8.98 Å². The molecule has 3 heterocycles. The first-order chi connectivity index (χ1) is 34.0. The molecule has 12 rings (SSSR count). The molecule has 62 heavy (non-hydrogen) atoms. The second-order valence-electron chi connectivity index (χ2n) is 15.0. The van der Waals surface area contributed by atoms with E-state index in [-0.39, 0.29) is 27.6 Å². The van der Waals surface area contributed by atoms with Crippen LogP contribution < -0.4 is 0 Å². The molecule has 0 aliphatic carbocycles. The molecule has 3 aromatic heterocycles. The zero-order chi connectivity index (χ0) is 47.9. The van der Waals surface area contributed by atoms with E-state index in [1.807, 2.05) is 121 Å². The van der Waals surface area contributed by atoms with E-state index in [0.29, 0.717) is 39.6 Å². The fourth-order valence-corrected chi connectivity index (χ4v) is 8.35. The fraction of sp³-hybridized carbons (Fsp3) is 0. The molecule has 0 saturated carbocycles. The SMILES string of the molecule is [2H]c1c([2H])c([2H])c2c(c1[2H])c1c([2H])c([2H])c([2H])c([2H])c1n2-c1ccc(-c2cc(-c3ccccc3)cc(-c3ccccc3)c2)cc1-c1nc(-c2ccccc2)nc(-c2ccc3oc4ccccc4c3c2)n1. The lowest BCUT2D eigenvalue weighted by Crippen LogP contribution is -2.04. The van der Waals surface area contributed by atoms with Crippen LogP contribution in [0.3, 0.4) is 0 Å². The molecule has 9 aromatic carbocycles. The van der Waals surface area contributed by atoms with E-state index in [1.165, 1.54) is 4.57 Å². The normalized spacial score (nSPS) is 13.4. The third-order valence-corrected chi connectivity index (χ3v) is 11.3. The van der Waals surface area contributed by atoms with Crippen molar-refractivity contribution in [2.24, 2.45) is 0 Å². The van der Waals surface area contributed by atoms with Crippen LogP contribution in [-0.2, 0) is 0 Å². The largest absolute Gasteiger partial charge is 0.456 e. The Bertz CT molecular complexity index is 3970. The Hall–Kier alpha value is -8.41. The fourth-order valence-electron chi connectivity index (χ4n) is 8.35. The summed E-state index contributed by atoms with van der Waals surface area (Å²) in [7, 11) is 0. The van der Waals surface area contributed by atoms with E-state index in [0.717, 1.165) is 49.7 Å². The summed E-state index contributed by atoms with van der Waals surface area (Å²) >= 11 is 0.